The fourth-order valence-corrected chi connectivity index (χ4v) is 3.68. The van der Waals surface area contributed by atoms with E-state index in [1.807, 2.05) is 25.1 Å². The molecule has 0 saturated heterocycles. The molecule has 7 heteroatoms. The lowest BCUT2D eigenvalue weighted by atomic mass is 10.1. The molecule has 4 aromatic rings. The lowest BCUT2D eigenvalue weighted by Crippen LogP contribution is -2.28. The third-order valence-corrected chi connectivity index (χ3v) is 5.58. The number of rotatable bonds is 6. The standard InChI is InChI=1S/C24H22FN5O/c1-15(29-24(31)10-16-2-9-21(26-12-16)17-3-4-17)22-11-18-13-28-30(23(18)14-27-22)20-7-5-19(25)6-8-20/h2,5-9,11-15,17H,3-4,10H2,1H3,(H,29,31)/t15-/m1/s1. The Kier molecular flexibility index (Phi) is 4.94. The molecule has 156 valence electrons. The fourth-order valence-electron chi connectivity index (χ4n) is 3.68. The quantitative estimate of drug-likeness (QED) is 0.511. The highest BCUT2D eigenvalue weighted by molar-refractivity contribution is 5.81. The van der Waals surface area contributed by atoms with Crippen molar-refractivity contribution >= 4 is 16.8 Å². The van der Waals surface area contributed by atoms with Gasteiger partial charge in [-0.05, 0) is 61.7 Å². The molecule has 1 atom stereocenters. The molecule has 1 amide bonds. The number of aromatic nitrogens is 4. The summed E-state index contributed by atoms with van der Waals surface area (Å²) in [4.78, 5) is 21.5. The molecule has 0 unspecified atom stereocenters. The molecular formula is C24H22FN5O. The summed E-state index contributed by atoms with van der Waals surface area (Å²) < 4.78 is 14.9. The Morgan fingerprint density at radius 2 is 1.94 bits per heavy atom. The van der Waals surface area contributed by atoms with Crippen LogP contribution in [0.25, 0.3) is 16.6 Å². The SMILES string of the molecule is C[C@@H](NC(=O)Cc1ccc(C2CC2)nc1)c1cc2cnn(-c3ccc(F)cc3)c2cn1. The molecule has 0 bridgehead atoms. The average molecular weight is 415 g/mol. The molecule has 1 saturated carbocycles. The number of pyridine rings is 2. The van der Waals surface area contributed by atoms with Gasteiger partial charge in [0.15, 0.2) is 0 Å². The van der Waals surface area contributed by atoms with Crippen LogP contribution in [-0.2, 0) is 11.2 Å². The van der Waals surface area contributed by atoms with E-state index < -0.39 is 0 Å². The van der Waals surface area contributed by atoms with Gasteiger partial charge in [0.1, 0.15) is 5.82 Å². The maximum atomic E-state index is 13.2. The molecule has 5 rings (SSSR count). The number of nitrogens with one attached hydrogen (secondary N) is 1. The highest BCUT2D eigenvalue weighted by Crippen LogP contribution is 2.38. The number of fused-ring (bicyclic) bond motifs is 1. The number of amides is 1. The molecule has 0 spiro atoms. The molecule has 1 aliphatic carbocycles. The second kappa shape index (κ2) is 7.91. The first-order valence-electron chi connectivity index (χ1n) is 10.4. The van der Waals surface area contributed by atoms with Crippen molar-refractivity contribution in [1.82, 2.24) is 25.1 Å². The van der Waals surface area contributed by atoms with Gasteiger partial charge in [-0.2, -0.15) is 5.10 Å². The maximum Gasteiger partial charge on any atom is 0.225 e. The van der Waals surface area contributed by atoms with Gasteiger partial charge in [-0.25, -0.2) is 9.07 Å². The summed E-state index contributed by atoms with van der Waals surface area (Å²) in [5.41, 5.74) is 4.35. The molecule has 3 heterocycles. The van der Waals surface area contributed by atoms with Crippen molar-refractivity contribution < 1.29 is 9.18 Å². The number of halogens is 1. The van der Waals surface area contributed by atoms with Crippen LogP contribution in [0.2, 0.25) is 0 Å². The van der Waals surface area contributed by atoms with Crippen LogP contribution >= 0.6 is 0 Å². The van der Waals surface area contributed by atoms with E-state index >= 15 is 0 Å². The highest BCUT2D eigenvalue weighted by atomic mass is 19.1. The van der Waals surface area contributed by atoms with Crippen molar-refractivity contribution in [3.8, 4) is 5.69 Å². The predicted molar refractivity (Wildman–Crippen MR) is 115 cm³/mol. The number of hydrogen-bond acceptors (Lipinski definition) is 4. The zero-order valence-electron chi connectivity index (χ0n) is 17.1. The summed E-state index contributed by atoms with van der Waals surface area (Å²) in [6.45, 7) is 1.91. The topological polar surface area (TPSA) is 72.7 Å². The van der Waals surface area contributed by atoms with Crippen LogP contribution < -0.4 is 5.32 Å². The average Bonchev–Trinajstić information content (AvgIpc) is 3.54. The minimum absolute atomic E-state index is 0.0719. The zero-order chi connectivity index (χ0) is 21.4. The third kappa shape index (κ3) is 4.17. The van der Waals surface area contributed by atoms with Crippen LogP contribution in [0.5, 0.6) is 0 Å². The molecule has 0 aliphatic heterocycles. The van der Waals surface area contributed by atoms with E-state index in [0.717, 1.165) is 33.5 Å². The number of carbonyl (C=O) groups excluding carboxylic acids is 1. The Morgan fingerprint density at radius 3 is 2.65 bits per heavy atom. The Morgan fingerprint density at radius 1 is 1.13 bits per heavy atom. The molecule has 3 aromatic heterocycles. The first-order chi connectivity index (χ1) is 15.1. The molecule has 6 nitrogen and oxygen atoms in total. The van der Waals surface area contributed by atoms with Crippen LogP contribution in [0.4, 0.5) is 4.39 Å². The summed E-state index contributed by atoms with van der Waals surface area (Å²) in [7, 11) is 0. The van der Waals surface area contributed by atoms with Crippen molar-refractivity contribution in [3.63, 3.8) is 0 Å². The van der Waals surface area contributed by atoms with Gasteiger partial charge >= 0.3 is 0 Å². The molecular weight excluding hydrogens is 393 g/mol. The monoisotopic (exact) mass is 415 g/mol. The van der Waals surface area contributed by atoms with Gasteiger partial charge in [0.2, 0.25) is 5.91 Å². The Bertz CT molecular complexity index is 1230. The molecule has 0 radical (unpaired) electrons. The summed E-state index contributed by atoms with van der Waals surface area (Å²) >= 11 is 0. The van der Waals surface area contributed by atoms with E-state index in [2.05, 4.69) is 20.4 Å². The molecule has 1 N–H and O–H groups in total. The van der Waals surface area contributed by atoms with Crippen LogP contribution in [0.3, 0.4) is 0 Å². The Balaban J connectivity index is 1.27. The third-order valence-electron chi connectivity index (χ3n) is 5.58. The smallest absolute Gasteiger partial charge is 0.225 e. The van der Waals surface area contributed by atoms with Gasteiger partial charge in [0.25, 0.3) is 0 Å². The predicted octanol–water partition coefficient (Wildman–Crippen LogP) is 4.25. The summed E-state index contributed by atoms with van der Waals surface area (Å²) in [5.74, 6) is 0.244. The Hall–Kier alpha value is -3.61. The minimum Gasteiger partial charge on any atom is -0.348 e. The summed E-state index contributed by atoms with van der Waals surface area (Å²) in [5, 5.41) is 8.30. The van der Waals surface area contributed by atoms with Crippen LogP contribution in [0, 0.1) is 5.82 Å². The molecule has 1 aliphatic rings. The van der Waals surface area contributed by atoms with Crippen LogP contribution in [0.15, 0.2) is 61.1 Å². The first kappa shape index (κ1) is 19.4. The van der Waals surface area contributed by atoms with Crippen molar-refractivity contribution in [2.75, 3.05) is 0 Å². The molecule has 31 heavy (non-hydrogen) atoms. The number of carbonyl (C=O) groups is 1. The maximum absolute atomic E-state index is 13.2. The van der Waals surface area contributed by atoms with E-state index in [4.69, 9.17) is 0 Å². The number of nitrogens with zero attached hydrogens (tertiary/aromatic N) is 4. The van der Waals surface area contributed by atoms with Gasteiger partial charge in [-0.1, -0.05) is 6.07 Å². The van der Waals surface area contributed by atoms with Gasteiger partial charge in [0, 0.05) is 23.2 Å². The van der Waals surface area contributed by atoms with Gasteiger partial charge < -0.3 is 5.32 Å². The van der Waals surface area contributed by atoms with E-state index in [9.17, 15) is 9.18 Å². The highest BCUT2D eigenvalue weighted by Gasteiger charge is 2.24. The van der Waals surface area contributed by atoms with Gasteiger partial charge in [-0.15, -0.1) is 0 Å². The second-order valence-corrected chi connectivity index (χ2v) is 8.03. The van der Waals surface area contributed by atoms with Gasteiger partial charge in [0.05, 0.1) is 41.8 Å². The van der Waals surface area contributed by atoms with Crippen molar-refractivity contribution in [2.45, 2.75) is 38.1 Å². The fraction of sp³-hybridized carbons (Fsp3) is 0.250. The largest absolute Gasteiger partial charge is 0.348 e. The number of benzene rings is 1. The van der Waals surface area contributed by atoms with Crippen LogP contribution in [0.1, 0.15) is 48.7 Å². The van der Waals surface area contributed by atoms with E-state index in [1.54, 1.807) is 35.4 Å². The van der Waals surface area contributed by atoms with Crippen molar-refractivity contribution in [2.24, 2.45) is 0 Å². The Labute approximate surface area is 179 Å². The van der Waals surface area contributed by atoms with E-state index in [1.165, 1.54) is 25.0 Å². The lowest BCUT2D eigenvalue weighted by Gasteiger charge is -2.14. The van der Waals surface area contributed by atoms with Gasteiger partial charge in [-0.3, -0.25) is 14.8 Å². The lowest BCUT2D eigenvalue weighted by molar-refractivity contribution is -0.121. The second-order valence-electron chi connectivity index (χ2n) is 8.03. The first-order valence-corrected chi connectivity index (χ1v) is 10.4. The summed E-state index contributed by atoms with van der Waals surface area (Å²) in [6, 6.07) is 11.8. The summed E-state index contributed by atoms with van der Waals surface area (Å²) in [6.07, 6.45) is 7.98. The van der Waals surface area contributed by atoms with Crippen molar-refractivity contribution in [3.05, 3.63) is 83.8 Å². The van der Waals surface area contributed by atoms with E-state index in [0.29, 0.717) is 5.92 Å². The zero-order valence-corrected chi connectivity index (χ0v) is 17.1. The molecule has 1 aromatic carbocycles. The minimum atomic E-state index is -0.292. The number of hydrogen-bond donors (Lipinski definition) is 1. The van der Waals surface area contributed by atoms with E-state index in [-0.39, 0.29) is 24.2 Å². The molecule has 1 fully saturated rings. The normalized spacial score (nSPS) is 14.5. The van der Waals surface area contributed by atoms with Crippen molar-refractivity contribution in [1.29, 1.82) is 0 Å². The van der Waals surface area contributed by atoms with Crippen LogP contribution in [-0.4, -0.2) is 25.7 Å².